The number of fused-ring (bicyclic) bond motifs is 3. The predicted molar refractivity (Wildman–Crippen MR) is 102 cm³/mol. The molecular formula is C21H24N4O. The number of aliphatic hydroxyl groups excluding tert-OH is 1. The molecule has 0 unspecified atom stereocenters. The molecular weight excluding hydrogens is 324 g/mol. The maximum Gasteiger partial charge on any atom is 0.135 e. The molecule has 3 heterocycles. The quantitative estimate of drug-likeness (QED) is 0.927. The van der Waals surface area contributed by atoms with Crippen molar-refractivity contribution in [3.05, 3.63) is 59.2 Å². The van der Waals surface area contributed by atoms with Gasteiger partial charge in [0, 0.05) is 49.7 Å². The highest BCUT2D eigenvalue weighted by Gasteiger charge is 2.30. The minimum Gasteiger partial charge on any atom is -0.396 e. The summed E-state index contributed by atoms with van der Waals surface area (Å²) < 4.78 is 1.99. The maximum atomic E-state index is 9.13. The van der Waals surface area contributed by atoms with Gasteiger partial charge in [-0.3, -0.25) is 9.56 Å². The number of rotatable bonds is 3. The van der Waals surface area contributed by atoms with E-state index in [9.17, 15) is 0 Å². The lowest BCUT2D eigenvalue weighted by Crippen LogP contribution is -2.31. The fourth-order valence-electron chi connectivity index (χ4n) is 4.18. The molecule has 3 aliphatic rings. The third kappa shape index (κ3) is 2.76. The molecule has 5 rings (SSSR count). The summed E-state index contributed by atoms with van der Waals surface area (Å²) in [5.41, 5.74) is 6.69. The first-order valence-electron chi connectivity index (χ1n) is 9.61. The molecule has 1 aromatic heterocycles. The van der Waals surface area contributed by atoms with Crippen molar-refractivity contribution in [2.24, 2.45) is 4.99 Å². The van der Waals surface area contributed by atoms with Gasteiger partial charge in [-0.25, -0.2) is 4.98 Å². The van der Waals surface area contributed by atoms with Crippen LogP contribution in [0.3, 0.4) is 0 Å². The van der Waals surface area contributed by atoms with E-state index < -0.39 is 0 Å². The number of aromatic nitrogens is 2. The van der Waals surface area contributed by atoms with E-state index >= 15 is 0 Å². The molecule has 0 atom stereocenters. The Hall–Kier alpha value is -2.40. The van der Waals surface area contributed by atoms with Crippen molar-refractivity contribution < 1.29 is 5.11 Å². The van der Waals surface area contributed by atoms with E-state index in [2.05, 4.69) is 34.2 Å². The van der Waals surface area contributed by atoms with Crippen LogP contribution in [0.2, 0.25) is 0 Å². The molecule has 0 amide bonds. The lowest BCUT2D eigenvalue weighted by molar-refractivity contribution is 0.298. The minimum absolute atomic E-state index is 0.121. The predicted octanol–water partition coefficient (Wildman–Crippen LogP) is 2.45. The number of hydrogen-bond acceptors (Lipinski definition) is 4. The fourth-order valence-corrected chi connectivity index (χ4v) is 4.18. The molecule has 0 radical (unpaired) electrons. The number of nitrogens with zero attached hydrogens (tertiary/aromatic N) is 4. The van der Waals surface area contributed by atoms with Gasteiger partial charge in [-0.2, -0.15) is 0 Å². The monoisotopic (exact) mass is 348 g/mol. The number of hydrogen-bond donors (Lipinski definition) is 1. The normalized spacial score (nSPS) is 19.3. The molecule has 1 fully saturated rings. The summed E-state index contributed by atoms with van der Waals surface area (Å²) >= 11 is 0. The Morgan fingerprint density at radius 1 is 1.19 bits per heavy atom. The Labute approximate surface area is 153 Å². The smallest absolute Gasteiger partial charge is 0.135 e. The number of benzene rings is 1. The van der Waals surface area contributed by atoms with Crippen LogP contribution >= 0.6 is 0 Å². The van der Waals surface area contributed by atoms with Crippen LogP contribution in [0.15, 0.2) is 41.8 Å². The zero-order valence-electron chi connectivity index (χ0n) is 14.9. The highest BCUT2D eigenvalue weighted by molar-refractivity contribution is 6.01. The molecule has 0 bridgehead atoms. The van der Waals surface area contributed by atoms with Crippen molar-refractivity contribution in [1.29, 1.82) is 0 Å². The Balaban J connectivity index is 1.55. The van der Waals surface area contributed by atoms with E-state index in [1.165, 1.54) is 24.1 Å². The summed E-state index contributed by atoms with van der Waals surface area (Å²) in [5, 5.41) is 9.13. The summed E-state index contributed by atoms with van der Waals surface area (Å²) in [6, 6.07) is 6.82. The number of allylic oxidation sites excluding steroid dienone is 1. The first-order chi connectivity index (χ1) is 12.8. The molecule has 1 N–H and O–H groups in total. The molecule has 2 aromatic rings. The van der Waals surface area contributed by atoms with Gasteiger partial charge >= 0.3 is 0 Å². The molecule has 0 spiro atoms. The highest BCUT2D eigenvalue weighted by Crippen LogP contribution is 2.44. The second-order valence-corrected chi connectivity index (χ2v) is 7.40. The van der Waals surface area contributed by atoms with Crippen molar-refractivity contribution in [2.45, 2.75) is 31.6 Å². The van der Waals surface area contributed by atoms with Gasteiger partial charge in [-0.1, -0.05) is 18.2 Å². The Morgan fingerprint density at radius 3 is 2.96 bits per heavy atom. The van der Waals surface area contributed by atoms with Crippen LogP contribution in [0.4, 0.5) is 0 Å². The van der Waals surface area contributed by atoms with Crippen LogP contribution in [-0.2, 0) is 12.8 Å². The lowest BCUT2D eigenvalue weighted by atomic mass is 9.90. The molecule has 5 nitrogen and oxygen atoms in total. The number of imidazole rings is 1. The largest absolute Gasteiger partial charge is 0.396 e. The van der Waals surface area contributed by atoms with Crippen LogP contribution in [-0.4, -0.2) is 51.6 Å². The summed E-state index contributed by atoms with van der Waals surface area (Å²) in [7, 11) is 0. The third-order valence-corrected chi connectivity index (χ3v) is 5.66. The van der Waals surface area contributed by atoms with E-state index in [1.807, 2.05) is 10.8 Å². The zero-order valence-corrected chi connectivity index (χ0v) is 14.9. The van der Waals surface area contributed by atoms with Gasteiger partial charge in [-0.15, -0.1) is 0 Å². The molecule has 2 aliphatic heterocycles. The maximum absolute atomic E-state index is 9.13. The van der Waals surface area contributed by atoms with E-state index in [1.54, 1.807) is 17.5 Å². The Morgan fingerprint density at radius 2 is 2.12 bits per heavy atom. The van der Waals surface area contributed by atoms with Gasteiger partial charge in [0.05, 0.1) is 12.2 Å². The molecule has 0 saturated heterocycles. The minimum atomic E-state index is 0.121. The molecule has 5 heteroatoms. The first kappa shape index (κ1) is 15.8. The van der Waals surface area contributed by atoms with Gasteiger partial charge in [-0.05, 0) is 36.3 Å². The van der Waals surface area contributed by atoms with Crippen LogP contribution in [0.25, 0.3) is 5.70 Å². The van der Waals surface area contributed by atoms with E-state index in [4.69, 9.17) is 10.1 Å². The fraction of sp³-hybridized carbons (Fsp3) is 0.429. The highest BCUT2D eigenvalue weighted by atomic mass is 16.3. The van der Waals surface area contributed by atoms with E-state index in [0.717, 1.165) is 43.5 Å². The first-order valence-corrected chi connectivity index (χ1v) is 9.61. The third-order valence-electron chi connectivity index (χ3n) is 5.66. The summed E-state index contributed by atoms with van der Waals surface area (Å²) in [6.07, 6.45) is 10.4. The van der Waals surface area contributed by atoms with Gasteiger partial charge in [0.25, 0.3) is 0 Å². The average Bonchev–Trinajstić information content (AvgIpc) is 3.44. The van der Waals surface area contributed by atoms with E-state index in [0.29, 0.717) is 6.42 Å². The average molecular weight is 348 g/mol. The van der Waals surface area contributed by atoms with Crippen LogP contribution in [0.5, 0.6) is 0 Å². The van der Waals surface area contributed by atoms with Gasteiger partial charge in [0.1, 0.15) is 12.2 Å². The van der Waals surface area contributed by atoms with E-state index in [-0.39, 0.29) is 6.61 Å². The molecule has 1 aromatic carbocycles. The Kier molecular flexibility index (Phi) is 3.89. The number of aliphatic hydroxyl groups is 1. The second-order valence-electron chi connectivity index (χ2n) is 7.40. The summed E-state index contributed by atoms with van der Waals surface area (Å²) in [4.78, 5) is 11.7. The van der Waals surface area contributed by atoms with Crippen LogP contribution in [0.1, 0.15) is 41.1 Å². The molecule has 26 heavy (non-hydrogen) atoms. The zero-order chi connectivity index (χ0) is 17.5. The van der Waals surface area contributed by atoms with Gasteiger partial charge < -0.3 is 10.0 Å². The molecule has 1 aliphatic carbocycles. The summed E-state index contributed by atoms with van der Waals surface area (Å²) in [6.45, 7) is 2.95. The van der Waals surface area contributed by atoms with Gasteiger partial charge in [0.2, 0.25) is 0 Å². The topological polar surface area (TPSA) is 53.6 Å². The summed E-state index contributed by atoms with van der Waals surface area (Å²) in [5.74, 6) is 1.72. The van der Waals surface area contributed by atoms with Crippen molar-refractivity contribution in [3.63, 3.8) is 0 Å². The SMILES string of the molecule is OCCc1cn(C2=NCCN3CCc4c(cccc4C4CC4)C3=C2)cn1. The van der Waals surface area contributed by atoms with Crippen molar-refractivity contribution in [1.82, 2.24) is 14.5 Å². The Bertz CT molecular complexity index is 891. The lowest BCUT2D eigenvalue weighted by Gasteiger charge is -2.33. The molecule has 134 valence electrons. The van der Waals surface area contributed by atoms with Crippen molar-refractivity contribution in [3.8, 4) is 0 Å². The standard InChI is InChI=1S/C21H24N4O/c26-11-7-16-13-25(14-23-16)21-12-20-19-3-1-2-17(15-4-5-15)18(19)6-9-24(20)10-8-22-21/h1-3,12-15,26H,4-11H2. The van der Waals surface area contributed by atoms with Crippen LogP contribution < -0.4 is 0 Å². The van der Waals surface area contributed by atoms with Crippen LogP contribution in [0, 0.1) is 0 Å². The van der Waals surface area contributed by atoms with Crippen molar-refractivity contribution in [2.75, 3.05) is 26.2 Å². The van der Waals surface area contributed by atoms with Crippen molar-refractivity contribution >= 4 is 11.5 Å². The number of aliphatic imine (C=N–C) groups is 1. The second kappa shape index (κ2) is 6.40. The van der Waals surface area contributed by atoms with Gasteiger partial charge in [0.15, 0.2) is 0 Å². The molecule has 1 saturated carbocycles.